The Hall–Kier alpha value is -0.0400. The van der Waals surface area contributed by atoms with Crippen molar-refractivity contribution in [2.24, 2.45) is 4.99 Å². The molecule has 0 unspecified atom stereocenters. The van der Waals surface area contributed by atoms with Crippen molar-refractivity contribution in [2.75, 3.05) is 12.4 Å². The first kappa shape index (κ1) is 9.96. The van der Waals surface area contributed by atoms with Crippen LogP contribution in [0.2, 0.25) is 0 Å². The number of alkyl halides is 1. The van der Waals surface area contributed by atoms with Crippen molar-refractivity contribution < 1.29 is 0 Å². The van der Waals surface area contributed by atoms with Gasteiger partial charge in [0.15, 0.2) is 0 Å². The van der Waals surface area contributed by atoms with Gasteiger partial charge >= 0.3 is 0 Å². The maximum atomic E-state index is 5.39. The predicted molar refractivity (Wildman–Crippen MR) is 48.2 cm³/mol. The zero-order valence-electron chi connectivity index (χ0n) is 6.65. The Balaban J connectivity index is 2.83. The molecule has 0 aromatic heterocycles. The second-order valence-electron chi connectivity index (χ2n) is 2.30. The molecule has 10 heavy (non-hydrogen) atoms. The lowest BCUT2D eigenvalue weighted by Crippen LogP contribution is -1.83. The number of aliphatic imine (C=N–C) groups is 1. The van der Waals surface area contributed by atoms with Crippen LogP contribution in [-0.4, -0.2) is 18.6 Å². The summed E-state index contributed by atoms with van der Waals surface area (Å²) >= 11 is 5.39. The lowest BCUT2D eigenvalue weighted by Gasteiger charge is -1.92. The van der Waals surface area contributed by atoms with Crippen molar-refractivity contribution in [1.29, 1.82) is 0 Å². The minimum Gasteiger partial charge on any atom is -0.296 e. The summed E-state index contributed by atoms with van der Waals surface area (Å²) < 4.78 is 0. The van der Waals surface area contributed by atoms with Crippen LogP contribution in [0.25, 0.3) is 0 Å². The van der Waals surface area contributed by atoms with Crippen molar-refractivity contribution in [1.82, 2.24) is 0 Å². The highest BCUT2D eigenvalue weighted by molar-refractivity contribution is 6.24. The van der Waals surface area contributed by atoms with Crippen molar-refractivity contribution >= 4 is 17.8 Å². The third-order valence-electron chi connectivity index (χ3n) is 1.34. The van der Waals surface area contributed by atoms with E-state index in [4.69, 9.17) is 11.6 Å². The molecule has 0 rings (SSSR count). The van der Waals surface area contributed by atoms with Gasteiger partial charge in [0.1, 0.15) is 0 Å². The van der Waals surface area contributed by atoms with Gasteiger partial charge in [-0.15, -0.1) is 11.6 Å². The first-order valence-electron chi connectivity index (χ1n) is 3.96. The molecule has 0 heterocycles. The standard InChI is InChI=1S/C8H16ClN/c1-2-3-4-5-7-10-8-6-9/h8H,2-7H2,1H3. The van der Waals surface area contributed by atoms with Gasteiger partial charge in [0.05, 0.1) is 5.88 Å². The van der Waals surface area contributed by atoms with E-state index in [2.05, 4.69) is 11.9 Å². The summed E-state index contributed by atoms with van der Waals surface area (Å²) in [5.41, 5.74) is 0. The molecule has 0 spiro atoms. The van der Waals surface area contributed by atoms with Gasteiger partial charge in [0.2, 0.25) is 0 Å². The zero-order valence-corrected chi connectivity index (χ0v) is 7.40. The van der Waals surface area contributed by atoms with Crippen LogP contribution in [0.1, 0.15) is 32.6 Å². The van der Waals surface area contributed by atoms with Gasteiger partial charge in [-0.1, -0.05) is 26.2 Å². The summed E-state index contributed by atoms with van der Waals surface area (Å²) in [5.74, 6) is 0.549. The molecule has 0 fully saturated rings. The average Bonchev–Trinajstić information content (AvgIpc) is 1.97. The summed E-state index contributed by atoms with van der Waals surface area (Å²) in [7, 11) is 0. The molecule has 0 saturated heterocycles. The van der Waals surface area contributed by atoms with E-state index in [0.29, 0.717) is 5.88 Å². The molecule has 0 aromatic carbocycles. The number of rotatable bonds is 6. The normalized spacial score (nSPS) is 11.0. The van der Waals surface area contributed by atoms with Gasteiger partial charge in [0.25, 0.3) is 0 Å². The number of hydrogen-bond acceptors (Lipinski definition) is 1. The van der Waals surface area contributed by atoms with E-state index < -0.39 is 0 Å². The third-order valence-corrected chi connectivity index (χ3v) is 1.48. The predicted octanol–water partition coefficient (Wildman–Crippen LogP) is 2.88. The van der Waals surface area contributed by atoms with E-state index in [9.17, 15) is 0 Å². The molecule has 0 saturated carbocycles. The Bertz CT molecular complexity index is 81.3. The second kappa shape index (κ2) is 8.96. The Labute approximate surface area is 68.5 Å². The SMILES string of the molecule is CCCCCCN=CCCl. The van der Waals surface area contributed by atoms with E-state index in [1.165, 1.54) is 25.7 Å². The van der Waals surface area contributed by atoms with Gasteiger partial charge in [-0.2, -0.15) is 0 Å². The van der Waals surface area contributed by atoms with Crippen LogP contribution in [0.3, 0.4) is 0 Å². The van der Waals surface area contributed by atoms with Crippen molar-refractivity contribution in [2.45, 2.75) is 32.6 Å². The maximum absolute atomic E-state index is 5.39. The Morgan fingerprint density at radius 2 is 2.10 bits per heavy atom. The Morgan fingerprint density at radius 1 is 1.30 bits per heavy atom. The number of nitrogens with zero attached hydrogens (tertiary/aromatic N) is 1. The molecule has 0 radical (unpaired) electrons. The van der Waals surface area contributed by atoms with E-state index in [1.807, 2.05) is 0 Å². The van der Waals surface area contributed by atoms with Gasteiger partial charge in [-0.05, 0) is 6.42 Å². The molecule has 0 N–H and O–H groups in total. The van der Waals surface area contributed by atoms with Crippen molar-refractivity contribution in [3.05, 3.63) is 0 Å². The molecule has 0 atom stereocenters. The fourth-order valence-corrected chi connectivity index (χ4v) is 0.868. The fraction of sp³-hybridized carbons (Fsp3) is 0.875. The third kappa shape index (κ3) is 7.96. The molecule has 0 aliphatic carbocycles. The lowest BCUT2D eigenvalue weighted by molar-refractivity contribution is 0.676. The first-order valence-corrected chi connectivity index (χ1v) is 4.49. The molecule has 1 nitrogen and oxygen atoms in total. The van der Waals surface area contributed by atoms with E-state index in [0.717, 1.165) is 6.54 Å². The van der Waals surface area contributed by atoms with Gasteiger partial charge in [0, 0.05) is 12.8 Å². The molecule has 0 aromatic rings. The van der Waals surface area contributed by atoms with Crippen molar-refractivity contribution in [3.63, 3.8) is 0 Å². The van der Waals surface area contributed by atoms with Crippen LogP contribution in [0.5, 0.6) is 0 Å². The van der Waals surface area contributed by atoms with Gasteiger partial charge in [-0.25, -0.2) is 0 Å². The van der Waals surface area contributed by atoms with Crippen molar-refractivity contribution in [3.8, 4) is 0 Å². The molecule has 2 heteroatoms. The highest BCUT2D eigenvalue weighted by Crippen LogP contribution is 1.97. The summed E-state index contributed by atoms with van der Waals surface area (Å²) in [4.78, 5) is 4.10. The summed E-state index contributed by atoms with van der Waals surface area (Å²) in [6, 6.07) is 0. The molecule has 0 amide bonds. The summed E-state index contributed by atoms with van der Waals surface area (Å²) in [5, 5.41) is 0. The van der Waals surface area contributed by atoms with E-state index in [1.54, 1.807) is 6.21 Å². The number of halogens is 1. The quantitative estimate of drug-likeness (QED) is 0.323. The van der Waals surface area contributed by atoms with E-state index in [-0.39, 0.29) is 0 Å². The van der Waals surface area contributed by atoms with Crippen LogP contribution >= 0.6 is 11.6 Å². The maximum Gasteiger partial charge on any atom is 0.0573 e. The minimum atomic E-state index is 0.549. The molecule has 60 valence electrons. The molecule has 0 aliphatic heterocycles. The molecular formula is C8H16ClN. The topological polar surface area (TPSA) is 12.4 Å². The summed E-state index contributed by atoms with van der Waals surface area (Å²) in [6.45, 7) is 3.16. The largest absolute Gasteiger partial charge is 0.296 e. The zero-order chi connectivity index (χ0) is 7.66. The van der Waals surface area contributed by atoms with Gasteiger partial charge in [-0.3, -0.25) is 4.99 Å². The van der Waals surface area contributed by atoms with Gasteiger partial charge < -0.3 is 0 Å². The number of hydrogen-bond donors (Lipinski definition) is 0. The molecule has 0 aliphatic rings. The highest BCUT2D eigenvalue weighted by atomic mass is 35.5. The molecular weight excluding hydrogens is 146 g/mol. The Morgan fingerprint density at radius 3 is 2.70 bits per heavy atom. The minimum absolute atomic E-state index is 0.549. The van der Waals surface area contributed by atoms with E-state index >= 15 is 0 Å². The van der Waals surface area contributed by atoms with Crippen LogP contribution in [0.4, 0.5) is 0 Å². The first-order chi connectivity index (χ1) is 4.91. The Kier molecular flexibility index (Phi) is 8.92. The van der Waals surface area contributed by atoms with Crippen LogP contribution in [0, 0.1) is 0 Å². The monoisotopic (exact) mass is 161 g/mol. The smallest absolute Gasteiger partial charge is 0.0573 e. The van der Waals surface area contributed by atoms with Crippen LogP contribution < -0.4 is 0 Å². The summed E-state index contributed by atoms with van der Waals surface area (Å²) in [6.07, 6.45) is 6.90. The average molecular weight is 162 g/mol. The second-order valence-corrected chi connectivity index (χ2v) is 2.61. The van der Waals surface area contributed by atoms with Crippen LogP contribution in [-0.2, 0) is 0 Å². The highest BCUT2D eigenvalue weighted by Gasteiger charge is 1.83. The number of unbranched alkanes of at least 4 members (excludes halogenated alkanes) is 3. The van der Waals surface area contributed by atoms with Crippen LogP contribution in [0.15, 0.2) is 4.99 Å². The molecule has 0 bridgehead atoms. The fourth-order valence-electron chi connectivity index (χ4n) is 0.770. The lowest BCUT2D eigenvalue weighted by atomic mass is 10.2.